The van der Waals surface area contributed by atoms with Crippen LogP contribution in [0.2, 0.25) is 0 Å². The lowest BCUT2D eigenvalue weighted by atomic mass is 10.2. The Kier molecular flexibility index (Phi) is 3.50. The Hall–Kier alpha value is -1.52. The second-order valence-corrected chi connectivity index (χ2v) is 3.13. The number of aliphatic carboxylic acids is 1. The number of amides is 1. The van der Waals surface area contributed by atoms with Crippen molar-refractivity contribution in [1.29, 1.82) is 0 Å². The van der Waals surface area contributed by atoms with Gasteiger partial charge >= 0.3 is 5.97 Å². The number of carbonyl (C=O) groups excluding carboxylic acids is 1. The SMILES string of the molecule is CN(CCC(=O)O)C(=O)C1=COCC1. The van der Waals surface area contributed by atoms with Crippen molar-refractivity contribution in [3.05, 3.63) is 11.8 Å². The summed E-state index contributed by atoms with van der Waals surface area (Å²) in [6.07, 6.45) is 2.02. The minimum Gasteiger partial charge on any atom is -0.500 e. The van der Waals surface area contributed by atoms with Gasteiger partial charge in [-0.3, -0.25) is 9.59 Å². The molecule has 1 heterocycles. The van der Waals surface area contributed by atoms with E-state index in [1.54, 1.807) is 7.05 Å². The zero-order valence-electron chi connectivity index (χ0n) is 8.02. The average molecular weight is 199 g/mol. The molecule has 5 heteroatoms. The summed E-state index contributed by atoms with van der Waals surface area (Å²) in [5.41, 5.74) is 0.609. The van der Waals surface area contributed by atoms with Crippen molar-refractivity contribution in [2.75, 3.05) is 20.2 Å². The quantitative estimate of drug-likeness (QED) is 0.703. The van der Waals surface area contributed by atoms with Crippen LogP contribution in [0.5, 0.6) is 0 Å². The molecule has 0 aromatic carbocycles. The molecular weight excluding hydrogens is 186 g/mol. The lowest BCUT2D eigenvalue weighted by molar-refractivity contribution is -0.137. The number of carboxylic acid groups (broad SMARTS) is 1. The minimum atomic E-state index is -0.902. The number of hydrogen-bond donors (Lipinski definition) is 1. The number of hydrogen-bond acceptors (Lipinski definition) is 3. The predicted molar refractivity (Wildman–Crippen MR) is 48.5 cm³/mol. The minimum absolute atomic E-state index is 0.0314. The normalized spacial score (nSPS) is 14.5. The van der Waals surface area contributed by atoms with Gasteiger partial charge in [0.2, 0.25) is 0 Å². The van der Waals surface area contributed by atoms with E-state index in [0.717, 1.165) is 0 Å². The molecule has 1 rings (SSSR count). The summed E-state index contributed by atoms with van der Waals surface area (Å²) in [6.45, 7) is 0.763. The Balaban J connectivity index is 2.39. The Morgan fingerprint density at radius 3 is 2.86 bits per heavy atom. The van der Waals surface area contributed by atoms with Gasteiger partial charge in [-0.1, -0.05) is 0 Å². The van der Waals surface area contributed by atoms with Crippen LogP contribution in [0.1, 0.15) is 12.8 Å². The second-order valence-electron chi connectivity index (χ2n) is 3.13. The van der Waals surface area contributed by atoms with Crippen LogP contribution in [0.15, 0.2) is 11.8 Å². The highest BCUT2D eigenvalue weighted by Crippen LogP contribution is 2.12. The van der Waals surface area contributed by atoms with Gasteiger partial charge in [0, 0.05) is 20.0 Å². The summed E-state index contributed by atoms with van der Waals surface area (Å²) < 4.78 is 4.93. The van der Waals surface area contributed by atoms with E-state index in [4.69, 9.17) is 9.84 Å². The maximum absolute atomic E-state index is 11.5. The molecule has 1 N–H and O–H groups in total. The molecule has 5 nitrogen and oxygen atoms in total. The van der Waals surface area contributed by atoms with Crippen LogP contribution >= 0.6 is 0 Å². The van der Waals surface area contributed by atoms with Gasteiger partial charge in [0.25, 0.3) is 5.91 Å². The average Bonchev–Trinajstić information content (AvgIpc) is 2.65. The van der Waals surface area contributed by atoms with Gasteiger partial charge in [-0.05, 0) is 0 Å². The molecule has 0 fully saturated rings. The van der Waals surface area contributed by atoms with Crippen LogP contribution in [-0.4, -0.2) is 42.1 Å². The van der Waals surface area contributed by atoms with Crippen LogP contribution < -0.4 is 0 Å². The smallest absolute Gasteiger partial charge is 0.305 e. The van der Waals surface area contributed by atoms with E-state index in [-0.39, 0.29) is 18.9 Å². The van der Waals surface area contributed by atoms with Crippen molar-refractivity contribution in [3.63, 3.8) is 0 Å². The van der Waals surface area contributed by atoms with Crippen LogP contribution in [0, 0.1) is 0 Å². The molecular formula is C9H13NO4. The van der Waals surface area contributed by atoms with Crippen molar-refractivity contribution < 1.29 is 19.4 Å². The van der Waals surface area contributed by atoms with Crippen LogP contribution in [0.3, 0.4) is 0 Å². The molecule has 0 atom stereocenters. The number of ether oxygens (including phenoxy) is 1. The largest absolute Gasteiger partial charge is 0.500 e. The first kappa shape index (κ1) is 10.6. The first-order chi connectivity index (χ1) is 6.61. The van der Waals surface area contributed by atoms with E-state index < -0.39 is 5.97 Å². The molecule has 1 aliphatic heterocycles. The van der Waals surface area contributed by atoms with Gasteiger partial charge < -0.3 is 14.7 Å². The molecule has 0 aromatic rings. The molecule has 0 spiro atoms. The van der Waals surface area contributed by atoms with Gasteiger partial charge in [0.15, 0.2) is 0 Å². The lowest BCUT2D eigenvalue weighted by Crippen LogP contribution is -2.29. The van der Waals surface area contributed by atoms with Gasteiger partial charge in [-0.15, -0.1) is 0 Å². The number of nitrogens with zero attached hydrogens (tertiary/aromatic N) is 1. The summed E-state index contributed by atoms with van der Waals surface area (Å²) in [6, 6.07) is 0. The summed E-state index contributed by atoms with van der Waals surface area (Å²) in [5, 5.41) is 8.43. The van der Waals surface area contributed by atoms with Crippen molar-refractivity contribution in [3.8, 4) is 0 Å². The maximum atomic E-state index is 11.5. The van der Waals surface area contributed by atoms with Crippen molar-refractivity contribution in [1.82, 2.24) is 4.90 Å². The summed E-state index contributed by atoms with van der Waals surface area (Å²) >= 11 is 0. The van der Waals surface area contributed by atoms with Gasteiger partial charge in [-0.25, -0.2) is 0 Å². The fraction of sp³-hybridized carbons (Fsp3) is 0.556. The monoisotopic (exact) mass is 199 g/mol. The summed E-state index contributed by atoms with van der Waals surface area (Å²) in [7, 11) is 1.59. The topological polar surface area (TPSA) is 66.8 Å². The van der Waals surface area contributed by atoms with E-state index in [2.05, 4.69) is 0 Å². The molecule has 14 heavy (non-hydrogen) atoms. The zero-order chi connectivity index (χ0) is 10.6. The fourth-order valence-electron chi connectivity index (χ4n) is 1.15. The van der Waals surface area contributed by atoms with Crippen LogP contribution in [0.25, 0.3) is 0 Å². The maximum Gasteiger partial charge on any atom is 0.305 e. The van der Waals surface area contributed by atoms with E-state index in [1.165, 1.54) is 11.2 Å². The Morgan fingerprint density at radius 1 is 1.64 bits per heavy atom. The first-order valence-corrected chi connectivity index (χ1v) is 4.39. The number of carbonyl (C=O) groups is 2. The molecule has 0 radical (unpaired) electrons. The Morgan fingerprint density at radius 2 is 2.36 bits per heavy atom. The third kappa shape index (κ3) is 2.76. The van der Waals surface area contributed by atoms with Crippen LogP contribution in [-0.2, 0) is 14.3 Å². The highest BCUT2D eigenvalue weighted by Gasteiger charge is 2.18. The van der Waals surface area contributed by atoms with E-state index >= 15 is 0 Å². The first-order valence-electron chi connectivity index (χ1n) is 4.39. The molecule has 0 aromatic heterocycles. The van der Waals surface area contributed by atoms with Gasteiger partial charge in [-0.2, -0.15) is 0 Å². The fourth-order valence-corrected chi connectivity index (χ4v) is 1.15. The molecule has 0 saturated heterocycles. The molecule has 0 aliphatic carbocycles. The van der Waals surface area contributed by atoms with E-state index in [1.807, 2.05) is 0 Å². The van der Waals surface area contributed by atoms with Crippen molar-refractivity contribution >= 4 is 11.9 Å². The Labute approximate surface area is 82.0 Å². The van der Waals surface area contributed by atoms with Crippen molar-refractivity contribution in [2.45, 2.75) is 12.8 Å². The second kappa shape index (κ2) is 4.64. The van der Waals surface area contributed by atoms with Gasteiger partial charge in [0.05, 0.1) is 24.9 Å². The highest BCUT2D eigenvalue weighted by atomic mass is 16.5. The third-order valence-electron chi connectivity index (χ3n) is 2.00. The van der Waals surface area contributed by atoms with E-state index in [0.29, 0.717) is 18.6 Å². The molecule has 1 aliphatic rings. The Bertz CT molecular complexity index is 272. The molecule has 0 bridgehead atoms. The predicted octanol–water partition coefficient (Wildman–Crippen LogP) is 0.224. The van der Waals surface area contributed by atoms with Crippen molar-refractivity contribution in [2.24, 2.45) is 0 Å². The van der Waals surface area contributed by atoms with Gasteiger partial charge in [0.1, 0.15) is 0 Å². The summed E-state index contributed by atoms with van der Waals surface area (Å²) in [4.78, 5) is 23.2. The standard InChI is InChI=1S/C9H13NO4/c1-10(4-2-8(11)12)9(13)7-3-5-14-6-7/h6H,2-5H2,1H3,(H,11,12). The van der Waals surface area contributed by atoms with E-state index in [9.17, 15) is 9.59 Å². The number of likely N-dealkylation sites (N-methyl/N-ethyl adjacent to an activating group) is 1. The summed E-state index contributed by atoms with van der Waals surface area (Å²) in [5.74, 6) is -1.05. The lowest BCUT2D eigenvalue weighted by Gasteiger charge is -2.15. The molecule has 0 unspecified atom stereocenters. The zero-order valence-corrected chi connectivity index (χ0v) is 8.02. The third-order valence-corrected chi connectivity index (χ3v) is 2.00. The number of carboxylic acids is 1. The highest BCUT2D eigenvalue weighted by molar-refractivity contribution is 5.93. The molecule has 1 amide bonds. The molecule has 0 saturated carbocycles. The number of rotatable bonds is 4. The molecule has 78 valence electrons. The van der Waals surface area contributed by atoms with Crippen LogP contribution in [0.4, 0.5) is 0 Å².